The van der Waals surface area contributed by atoms with E-state index in [4.69, 9.17) is 0 Å². The largest absolute Gasteiger partial charge is 0.355 e. The van der Waals surface area contributed by atoms with E-state index in [2.05, 4.69) is 46.8 Å². The van der Waals surface area contributed by atoms with Crippen molar-refractivity contribution >= 4 is 5.91 Å². The molecule has 1 aromatic rings. The highest BCUT2D eigenvalue weighted by Crippen LogP contribution is 2.08. The van der Waals surface area contributed by atoms with E-state index < -0.39 is 0 Å². The third-order valence-electron chi connectivity index (χ3n) is 3.71. The molecule has 1 aliphatic rings. The van der Waals surface area contributed by atoms with Crippen LogP contribution in [0.15, 0.2) is 30.3 Å². The number of nitrogens with one attached hydrogen (secondary N) is 2. The first-order chi connectivity index (χ1) is 9.74. The molecule has 0 aromatic heterocycles. The molecule has 0 bridgehead atoms. The zero-order valence-electron chi connectivity index (χ0n) is 12.3. The Morgan fingerprint density at radius 1 is 1.40 bits per heavy atom. The fourth-order valence-electron chi connectivity index (χ4n) is 2.59. The summed E-state index contributed by atoms with van der Waals surface area (Å²) in [6, 6.07) is 10.8. The van der Waals surface area contributed by atoms with Gasteiger partial charge >= 0.3 is 0 Å². The minimum absolute atomic E-state index is 0.164. The SMILES string of the molecule is CN(CCNC(=O)CC1CCCN1)Cc1ccccc1. The Labute approximate surface area is 121 Å². The molecule has 1 saturated heterocycles. The lowest BCUT2D eigenvalue weighted by atomic mass is 10.1. The highest BCUT2D eigenvalue weighted by atomic mass is 16.1. The van der Waals surface area contributed by atoms with Crippen LogP contribution in [0.5, 0.6) is 0 Å². The predicted octanol–water partition coefficient (Wildman–Crippen LogP) is 1.38. The van der Waals surface area contributed by atoms with Crippen molar-refractivity contribution in [3.8, 4) is 0 Å². The number of benzene rings is 1. The maximum absolute atomic E-state index is 11.8. The van der Waals surface area contributed by atoms with Crippen LogP contribution in [-0.2, 0) is 11.3 Å². The average molecular weight is 275 g/mol. The van der Waals surface area contributed by atoms with Crippen LogP contribution < -0.4 is 10.6 Å². The smallest absolute Gasteiger partial charge is 0.221 e. The van der Waals surface area contributed by atoms with E-state index in [0.717, 1.165) is 32.6 Å². The van der Waals surface area contributed by atoms with Crippen molar-refractivity contribution < 1.29 is 4.79 Å². The molecule has 1 heterocycles. The summed E-state index contributed by atoms with van der Waals surface area (Å²) in [5, 5.41) is 6.35. The van der Waals surface area contributed by atoms with E-state index in [9.17, 15) is 4.79 Å². The summed E-state index contributed by atoms with van der Waals surface area (Å²) in [6.07, 6.45) is 2.93. The van der Waals surface area contributed by atoms with Crippen molar-refractivity contribution in [3.05, 3.63) is 35.9 Å². The minimum atomic E-state index is 0.164. The van der Waals surface area contributed by atoms with E-state index in [1.54, 1.807) is 0 Å². The fraction of sp³-hybridized carbons (Fsp3) is 0.562. The van der Waals surface area contributed by atoms with Crippen LogP contribution in [0.4, 0.5) is 0 Å². The highest BCUT2D eigenvalue weighted by Gasteiger charge is 2.17. The van der Waals surface area contributed by atoms with Gasteiger partial charge in [-0.25, -0.2) is 0 Å². The second-order valence-corrected chi connectivity index (χ2v) is 5.57. The quantitative estimate of drug-likeness (QED) is 0.790. The number of hydrogen-bond acceptors (Lipinski definition) is 3. The number of carbonyl (C=O) groups excluding carboxylic acids is 1. The fourth-order valence-corrected chi connectivity index (χ4v) is 2.59. The van der Waals surface area contributed by atoms with Gasteiger partial charge in [0.1, 0.15) is 0 Å². The molecule has 1 fully saturated rings. The van der Waals surface area contributed by atoms with Gasteiger partial charge in [0, 0.05) is 32.1 Å². The van der Waals surface area contributed by atoms with Gasteiger partial charge in [-0.15, -0.1) is 0 Å². The second-order valence-electron chi connectivity index (χ2n) is 5.57. The average Bonchev–Trinajstić information content (AvgIpc) is 2.92. The number of rotatable bonds is 7. The van der Waals surface area contributed by atoms with Gasteiger partial charge in [-0.1, -0.05) is 30.3 Å². The molecule has 0 spiro atoms. The van der Waals surface area contributed by atoms with Gasteiger partial charge in [0.2, 0.25) is 5.91 Å². The third-order valence-corrected chi connectivity index (χ3v) is 3.71. The van der Waals surface area contributed by atoms with Crippen LogP contribution in [0, 0.1) is 0 Å². The Kier molecular flexibility index (Phi) is 6.02. The lowest BCUT2D eigenvalue weighted by molar-refractivity contribution is -0.121. The van der Waals surface area contributed by atoms with Crippen molar-refractivity contribution in [3.63, 3.8) is 0 Å². The molecule has 0 saturated carbocycles. The summed E-state index contributed by atoms with van der Waals surface area (Å²) in [4.78, 5) is 14.0. The van der Waals surface area contributed by atoms with Crippen molar-refractivity contribution in [2.75, 3.05) is 26.7 Å². The highest BCUT2D eigenvalue weighted by molar-refractivity contribution is 5.76. The Balaban J connectivity index is 1.59. The third kappa shape index (κ3) is 5.31. The molecule has 0 aliphatic carbocycles. The van der Waals surface area contributed by atoms with Gasteiger partial charge in [-0.3, -0.25) is 4.79 Å². The van der Waals surface area contributed by atoms with Gasteiger partial charge < -0.3 is 15.5 Å². The first-order valence-electron chi connectivity index (χ1n) is 7.46. The molecule has 1 aromatic carbocycles. The Morgan fingerprint density at radius 3 is 2.90 bits per heavy atom. The Morgan fingerprint density at radius 2 is 2.20 bits per heavy atom. The van der Waals surface area contributed by atoms with Crippen molar-refractivity contribution in [1.82, 2.24) is 15.5 Å². The lowest BCUT2D eigenvalue weighted by Crippen LogP contribution is -2.36. The lowest BCUT2D eigenvalue weighted by Gasteiger charge is -2.17. The van der Waals surface area contributed by atoms with Crippen LogP contribution in [0.25, 0.3) is 0 Å². The minimum Gasteiger partial charge on any atom is -0.355 e. The molecule has 1 amide bonds. The van der Waals surface area contributed by atoms with Crippen LogP contribution in [0.3, 0.4) is 0 Å². The summed E-state index contributed by atoms with van der Waals surface area (Å²) >= 11 is 0. The predicted molar refractivity (Wildman–Crippen MR) is 81.4 cm³/mol. The van der Waals surface area contributed by atoms with Gasteiger partial charge in [0.15, 0.2) is 0 Å². The number of nitrogens with zero attached hydrogens (tertiary/aromatic N) is 1. The molecule has 1 atom stereocenters. The van der Waals surface area contributed by atoms with Gasteiger partial charge in [-0.05, 0) is 32.0 Å². The monoisotopic (exact) mass is 275 g/mol. The first kappa shape index (κ1) is 15.0. The van der Waals surface area contributed by atoms with Crippen molar-refractivity contribution in [1.29, 1.82) is 0 Å². The zero-order chi connectivity index (χ0) is 14.2. The summed E-state index contributed by atoms with van der Waals surface area (Å²) < 4.78 is 0. The van der Waals surface area contributed by atoms with E-state index in [0.29, 0.717) is 12.5 Å². The molecule has 2 N–H and O–H groups in total. The maximum atomic E-state index is 11.8. The normalized spacial score (nSPS) is 18.4. The molecule has 4 heteroatoms. The second kappa shape index (κ2) is 8.02. The molecule has 20 heavy (non-hydrogen) atoms. The van der Waals surface area contributed by atoms with Gasteiger partial charge in [-0.2, -0.15) is 0 Å². The summed E-state index contributed by atoms with van der Waals surface area (Å²) in [6.45, 7) is 3.56. The van der Waals surface area contributed by atoms with Crippen LogP contribution >= 0.6 is 0 Å². The van der Waals surface area contributed by atoms with E-state index >= 15 is 0 Å². The van der Waals surface area contributed by atoms with Crippen LogP contribution in [0.1, 0.15) is 24.8 Å². The van der Waals surface area contributed by atoms with Crippen molar-refractivity contribution in [2.24, 2.45) is 0 Å². The van der Waals surface area contributed by atoms with E-state index in [1.807, 2.05) is 6.07 Å². The molecule has 1 aliphatic heterocycles. The number of likely N-dealkylation sites (N-methyl/N-ethyl adjacent to an activating group) is 1. The van der Waals surface area contributed by atoms with Gasteiger partial charge in [0.05, 0.1) is 0 Å². The van der Waals surface area contributed by atoms with E-state index in [1.165, 1.54) is 12.0 Å². The summed E-state index contributed by atoms with van der Waals surface area (Å²) in [7, 11) is 2.08. The number of amides is 1. The van der Waals surface area contributed by atoms with Gasteiger partial charge in [0.25, 0.3) is 0 Å². The van der Waals surface area contributed by atoms with Crippen molar-refractivity contribution in [2.45, 2.75) is 31.8 Å². The topological polar surface area (TPSA) is 44.4 Å². The molecule has 0 radical (unpaired) electrons. The Bertz CT molecular complexity index is 401. The molecule has 2 rings (SSSR count). The molecular formula is C16H25N3O. The number of hydrogen-bond donors (Lipinski definition) is 2. The summed E-state index contributed by atoms with van der Waals surface area (Å²) in [5.74, 6) is 0.164. The Hall–Kier alpha value is -1.39. The zero-order valence-corrected chi connectivity index (χ0v) is 12.3. The van der Waals surface area contributed by atoms with Crippen LogP contribution in [-0.4, -0.2) is 43.5 Å². The molecular weight excluding hydrogens is 250 g/mol. The summed E-state index contributed by atoms with van der Waals surface area (Å²) in [5.41, 5.74) is 1.30. The molecule has 1 unspecified atom stereocenters. The molecule has 110 valence electrons. The first-order valence-corrected chi connectivity index (χ1v) is 7.46. The van der Waals surface area contributed by atoms with Crippen LogP contribution in [0.2, 0.25) is 0 Å². The number of carbonyl (C=O) groups is 1. The molecule has 4 nitrogen and oxygen atoms in total. The standard InChI is InChI=1S/C16H25N3O/c1-19(13-14-6-3-2-4-7-14)11-10-18-16(20)12-15-8-5-9-17-15/h2-4,6-7,15,17H,5,8-13H2,1H3,(H,18,20). The van der Waals surface area contributed by atoms with E-state index in [-0.39, 0.29) is 5.91 Å². The maximum Gasteiger partial charge on any atom is 0.221 e.